The lowest BCUT2D eigenvalue weighted by molar-refractivity contribution is 0.353. The zero-order chi connectivity index (χ0) is 12.1. The molecule has 1 aromatic carbocycles. The van der Waals surface area contributed by atoms with Crippen LogP contribution in [0, 0.1) is 6.92 Å². The molecule has 0 aliphatic carbocycles. The molecule has 0 spiro atoms. The van der Waals surface area contributed by atoms with Crippen molar-refractivity contribution in [3.05, 3.63) is 39.9 Å². The highest BCUT2D eigenvalue weighted by Gasteiger charge is 2.08. The van der Waals surface area contributed by atoms with Gasteiger partial charge in [-0.3, -0.25) is 0 Å². The largest absolute Gasteiger partial charge is 0.488 e. The second-order valence-corrected chi connectivity index (χ2v) is 4.38. The van der Waals surface area contributed by atoms with Crippen molar-refractivity contribution in [3.8, 4) is 5.75 Å². The van der Waals surface area contributed by atoms with Crippen molar-refractivity contribution in [2.75, 3.05) is 6.61 Å². The Kier molecular flexibility index (Phi) is 5.13. The van der Waals surface area contributed by atoms with Crippen LogP contribution in [0.15, 0.2) is 28.8 Å². The molecule has 0 radical (unpaired) electrons. The third-order valence-electron chi connectivity index (χ3n) is 2.14. The normalized spacial score (nSPS) is 13.7. The van der Waals surface area contributed by atoms with Crippen LogP contribution < -0.4 is 10.5 Å². The Morgan fingerprint density at radius 3 is 2.81 bits per heavy atom. The van der Waals surface area contributed by atoms with Crippen LogP contribution in [0.25, 0.3) is 0 Å². The minimum absolute atomic E-state index is 0.0753. The average molecular weight is 260 g/mol. The van der Waals surface area contributed by atoms with E-state index in [1.54, 1.807) is 0 Å². The fraction of sp³-hybridized carbons (Fsp3) is 0.333. The van der Waals surface area contributed by atoms with Crippen LogP contribution in [0.1, 0.15) is 24.1 Å². The van der Waals surface area contributed by atoms with Crippen molar-refractivity contribution in [1.29, 1.82) is 0 Å². The van der Waals surface area contributed by atoms with Gasteiger partial charge in [0.25, 0.3) is 0 Å². The molecule has 1 atom stereocenters. The highest BCUT2D eigenvalue weighted by molar-refractivity contribution is 6.36. The maximum absolute atomic E-state index is 5.87. The van der Waals surface area contributed by atoms with E-state index in [4.69, 9.17) is 33.7 Å². The Morgan fingerprint density at radius 2 is 2.25 bits per heavy atom. The van der Waals surface area contributed by atoms with E-state index < -0.39 is 0 Å². The first-order valence-electron chi connectivity index (χ1n) is 4.98. The summed E-state index contributed by atoms with van der Waals surface area (Å²) in [5.41, 5.74) is 9.28. The molecule has 2 nitrogen and oxygen atoms in total. The molecular formula is C12H15Cl2NO. The smallest absolute Gasteiger partial charge is 0.125 e. The van der Waals surface area contributed by atoms with Crippen molar-refractivity contribution in [3.63, 3.8) is 0 Å². The molecule has 16 heavy (non-hydrogen) atoms. The fourth-order valence-electron chi connectivity index (χ4n) is 1.33. The minimum atomic E-state index is -0.0753. The fourth-order valence-corrected chi connectivity index (χ4v) is 1.45. The van der Waals surface area contributed by atoms with Gasteiger partial charge in [0.15, 0.2) is 0 Å². The molecule has 0 saturated heterocycles. The van der Waals surface area contributed by atoms with Crippen LogP contribution in [-0.2, 0) is 0 Å². The highest BCUT2D eigenvalue weighted by Crippen LogP contribution is 2.25. The number of nitrogens with two attached hydrogens (primary N) is 1. The van der Waals surface area contributed by atoms with Gasteiger partial charge in [-0.15, -0.1) is 0 Å². The first kappa shape index (κ1) is 13.4. The average Bonchev–Trinajstić information content (AvgIpc) is 2.26. The number of halogens is 2. The number of hydrogen-bond acceptors (Lipinski definition) is 2. The number of hydrogen-bond donors (Lipinski definition) is 1. The van der Waals surface area contributed by atoms with Crippen LogP contribution in [0.4, 0.5) is 0 Å². The van der Waals surface area contributed by atoms with Gasteiger partial charge < -0.3 is 10.5 Å². The van der Waals surface area contributed by atoms with Crippen LogP contribution in [-0.4, -0.2) is 6.61 Å². The van der Waals surface area contributed by atoms with Gasteiger partial charge in [-0.1, -0.05) is 40.9 Å². The maximum Gasteiger partial charge on any atom is 0.125 e. The lowest BCUT2D eigenvalue weighted by Gasteiger charge is -2.14. The molecule has 0 aliphatic rings. The standard InChI is InChI=1S/C12H15Cl2NO/c1-8-3-4-12(11(5-8)9(2)15)16-7-10(14)6-13/h3-6,9H,7,15H2,1-2H3/t9-/m1/s1. The summed E-state index contributed by atoms with van der Waals surface area (Å²) in [4.78, 5) is 0. The van der Waals surface area contributed by atoms with Crippen molar-refractivity contribution >= 4 is 23.2 Å². The summed E-state index contributed by atoms with van der Waals surface area (Å²) in [6.07, 6.45) is 0. The number of rotatable bonds is 4. The molecule has 0 bridgehead atoms. The van der Waals surface area contributed by atoms with Crippen molar-refractivity contribution < 1.29 is 4.74 Å². The predicted molar refractivity (Wildman–Crippen MR) is 69.1 cm³/mol. The second kappa shape index (κ2) is 6.14. The molecule has 0 amide bonds. The molecule has 0 aliphatic heterocycles. The third kappa shape index (κ3) is 3.71. The molecule has 0 saturated carbocycles. The van der Waals surface area contributed by atoms with Gasteiger partial charge in [-0.25, -0.2) is 0 Å². The molecular weight excluding hydrogens is 245 g/mol. The number of aryl methyl sites for hydroxylation is 1. The van der Waals surface area contributed by atoms with E-state index in [9.17, 15) is 0 Å². The molecule has 1 aromatic rings. The lowest BCUT2D eigenvalue weighted by Crippen LogP contribution is -2.09. The summed E-state index contributed by atoms with van der Waals surface area (Å²) in [5, 5.41) is 0.456. The predicted octanol–water partition coefficient (Wildman–Crippen LogP) is 3.71. The topological polar surface area (TPSA) is 35.2 Å². The van der Waals surface area contributed by atoms with Crippen LogP contribution in [0.3, 0.4) is 0 Å². The van der Waals surface area contributed by atoms with Gasteiger partial charge in [-0.05, 0) is 19.9 Å². The summed E-state index contributed by atoms with van der Waals surface area (Å²) in [6, 6.07) is 5.80. The molecule has 1 rings (SSSR count). The van der Waals surface area contributed by atoms with Crippen molar-refractivity contribution in [2.24, 2.45) is 5.73 Å². The summed E-state index contributed by atoms with van der Waals surface area (Å²) < 4.78 is 5.54. The summed E-state index contributed by atoms with van der Waals surface area (Å²) in [5.74, 6) is 0.747. The molecule has 4 heteroatoms. The monoisotopic (exact) mass is 259 g/mol. The van der Waals surface area contributed by atoms with E-state index >= 15 is 0 Å². The molecule has 0 aromatic heterocycles. The van der Waals surface area contributed by atoms with Gasteiger partial charge in [-0.2, -0.15) is 0 Å². The zero-order valence-corrected chi connectivity index (χ0v) is 10.8. The lowest BCUT2D eigenvalue weighted by atomic mass is 10.1. The van der Waals surface area contributed by atoms with E-state index in [0.717, 1.165) is 16.9 Å². The van der Waals surface area contributed by atoms with Crippen LogP contribution in [0.2, 0.25) is 0 Å². The molecule has 0 fully saturated rings. The Hall–Kier alpha value is -0.700. The quantitative estimate of drug-likeness (QED) is 0.895. The van der Waals surface area contributed by atoms with Crippen molar-refractivity contribution in [1.82, 2.24) is 0 Å². The van der Waals surface area contributed by atoms with Crippen molar-refractivity contribution in [2.45, 2.75) is 19.9 Å². The van der Waals surface area contributed by atoms with Crippen LogP contribution in [0.5, 0.6) is 5.75 Å². The minimum Gasteiger partial charge on any atom is -0.488 e. The Bertz CT molecular complexity index is 389. The molecule has 0 unspecified atom stereocenters. The summed E-state index contributed by atoms with van der Waals surface area (Å²) in [6.45, 7) is 4.19. The van der Waals surface area contributed by atoms with E-state index in [1.165, 1.54) is 5.54 Å². The summed E-state index contributed by atoms with van der Waals surface area (Å²) >= 11 is 11.2. The van der Waals surface area contributed by atoms with Gasteiger partial charge in [0.1, 0.15) is 12.4 Å². The Morgan fingerprint density at radius 1 is 1.56 bits per heavy atom. The van der Waals surface area contributed by atoms with E-state index in [2.05, 4.69) is 0 Å². The second-order valence-electron chi connectivity index (χ2n) is 3.67. The molecule has 0 heterocycles. The third-order valence-corrected chi connectivity index (χ3v) is 2.73. The van der Waals surface area contributed by atoms with Gasteiger partial charge >= 0.3 is 0 Å². The van der Waals surface area contributed by atoms with Gasteiger partial charge in [0.05, 0.1) is 5.03 Å². The van der Waals surface area contributed by atoms with Crippen LogP contribution >= 0.6 is 23.2 Å². The Labute approximate surface area is 106 Å². The highest BCUT2D eigenvalue weighted by atomic mass is 35.5. The van der Waals surface area contributed by atoms with E-state index in [0.29, 0.717) is 5.03 Å². The van der Waals surface area contributed by atoms with E-state index in [-0.39, 0.29) is 12.6 Å². The SMILES string of the molecule is Cc1ccc(OCC(Cl)=CCl)c([C@@H](C)N)c1. The molecule has 2 N–H and O–H groups in total. The first-order valence-corrected chi connectivity index (χ1v) is 5.79. The van der Waals surface area contributed by atoms with Gasteiger partial charge in [0, 0.05) is 17.1 Å². The van der Waals surface area contributed by atoms with Gasteiger partial charge in [0.2, 0.25) is 0 Å². The molecule has 88 valence electrons. The summed E-state index contributed by atoms with van der Waals surface area (Å²) in [7, 11) is 0. The first-order chi connectivity index (χ1) is 7.54. The zero-order valence-electron chi connectivity index (χ0n) is 9.34. The number of ether oxygens (including phenoxy) is 1. The van der Waals surface area contributed by atoms with E-state index in [1.807, 2.05) is 32.0 Å². The number of benzene rings is 1. The Balaban J connectivity index is 2.87. The maximum atomic E-state index is 5.87.